The van der Waals surface area contributed by atoms with Crippen LogP contribution < -0.4 is 5.32 Å². The van der Waals surface area contributed by atoms with Crippen LogP contribution in [0, 0.1) is 0 Å². The summed E-state index contributed by atoms with van der Waals surface area (Å²) in [6.07, 6.45) is 2.78. The Morgan fingerprint density at radius 3 is 2.38 bits per heavy atom. The Bertz CT molecular complexity index is 980. The van der Waals surface area contributed by atoms with E-state index in [1.54, 1.807) is 0 Å². The van der Waals surface area contributed by atoms with Crippen LogP contribution >= 0.6 is 23.2 Å². The third-order valence-electron chi connectivity index (χ3n) is 3.73. The van der Waals surface area contributed by atoms with Gasteiger partial charge in [0.2, 0.25) is 5.91 Å². The fourth-order valence-electron chi connectivity index (χ4n) is 2.37. The van der Waals surface area contributed by atoms with Crippen molar-refractivity contribution in [3.8, 4) is 0 Å². The molecule has 0 aliphatic carbocycles. The van der Waals surface area contributed by atoms with Crippen molar-refractivity contribution >= 4 is 47.0 Å². The van der Waals surface area contributed by atoms with Crippen molar-refractivity contribution in [1.82, 2.24) is 15.3 Å². The van der Waals surface area contributed by atoms with E-state index in [0.29, 0.717) is 21.8 Å². The summed E-state index contributed by atoms with van der Waals surface area (Å²) in [5.41, 5.74) is 1.69. The van der Waals surface area contributed by atoms with Gasteiger partial charge >= 0.3 is 11.9 Å². The number of aromatic nitrogens is 2. The molecule has 3 rings (SSSR count). The van der Waals surface area contributed by atoms with Gasteiger partial charge in [0.25, 0.3) is 5.91 Å². The second-order valence-electron chi connectivity index (χ2n) is 5.63. The van der Waals surface area contributed by atoms with Crippen LogP contribution in [0.3, 0.4) is 0 Å². The number of ether oxygens (including phenoxy) is 2. The zero-order chi connectivity index (χ0) is 21.6. The van der Waals surface area contributed by atoms with Crippen molar-refractivity contribution < 1.29 is 28.7 Å². The Kier molecular flexibility index (Phi) is 7.63. The zero-order valence-electron chi connectivity index (χ0n) is 15.3. The van der Waals surface area contributed by atoms with Gasteiger partial charge in [0.15, 0.2) is 0 Å². The second kappa shape index (κ2) is 9.94. The number of nitrogens with zero attached hydrogens (tertiary/aromatic N) is 2. The van der Waals surface area contributed by atoms with Gasteiger partial charge in [-0.1, -0.05) is 23.2 Å². The molecule has 1 aliphatic rings. The summed E-state index contributed by atoms with van der Waals surface area (Å²) in [7, 11) is 2.52. The molecule has 29 heavy (non-hydrogen) atoms. The van der Waals surface area contributed by atoms with Crippen molar-refractivity contribution in [3.63, 3.8) is 0 Å². The predicted molar refractivity (Wildman–Crippen MR) is 102 cm³/mol. The normalized spacial score (nSPS) is 12.1. The van der Waals surface area contributed by atoms with E-state index in [9.17, 15) is 19.2 Å². The van der Waals surface area contributed by atoms with Gasteiger partial charge in [0.05, 0.1) is 38.2 Å². The maximum Gasteiger partial charge on any atom is 0.339 e. The van der Waals surface area contributed by atoms with E-state index in [1.165, 1.54) is 38.7 Å². The standard InChI is InChI=1S/C10H10ClNO4.C8H5ClN2O2/c1-15-9(13)4-6-3-8(11)12-5-7(6)10(14)16-2;9-6-1-4-2-7(12)11-8(13)5(4)3-10-6/h3,5H,4H2,1-2H3;1,3H,2H2,(H,11,12,13). The van der Waals surface area contributed by atoms with Crippen LogP contribution in [0.5, 0.6) is 0 Å². The first kappa shape index (κ1) is 22.3. The minimum absolute atomic E-state index is 0.0524. The number of hydrogen-bond donors (Lipinski definition) is 1. The Morgan fingerprint density at radius 1 is 1.07 bits per heavy atom. The molecular weight excluding hydrogens is 425 g/mol. The zero-order valence-corrected chi connectivity index (χ0v) is 16.8. The number of imide groups is 1. The maximum atomic E-state index is 11.4. The van der Waals surface area contributed by atoms with E-state index in [2.05, 4.69) is 24.8 Å². The predicted octanol–water partition coefficient (Wildman–Crippen LogP) is 1.78. The monoisotopic (exact) mass is 439 g/mol. The summed E-state index contributed by atoms with van der Waals surface area (Å²) in [5, 5.41) is 2.69. The first-order valence-electron chi connectivity index (χ1n) is 8.03. The van der Waals surface area contributed by atoms with Gasteiger partial charge in [-0.3, -0.25) is 19.7 Å². The summed E-state index contributed by atoms with van der Waals surface area (Å²) < 4.78 is 9.07. The molecule has 1 N–H and O–H groups in total. The van der Waals surface area contributed by atoms with E-state index in [0.717, 1.165) is 0 Å². The number of halogens is 2. The highest BCUT2D eigenvalue weighted by atomic mass is 35.5. The van der Waals surface area contributed by atoms with Crippen molar-refractivity contribution in [3.05, 3.63) is 57.1 Å². The third kappa shape index (κ3) is 5.97. The first-order chi connectivity index (χ1) is 13.7. The van der Waals surface area contributed by atoms with Gasteiger partial charge in [0, 0.05) is 12.4 Å². The highest BCUT2D eigenvalue weighted by Crippen LogP contribution is 2.17. The SMILES string of the molecule is COC(=O)Cc1cc(Cl)ncc1C(=O)OC.O=C1Cc2cc(Cl)ncc2C(=O)N1. The van der Waals surface area contributed by atoms with Crippen LogP contribution in [0.4, 0.5) is 0 Å². The molecule has 0 atom stereocenters. The minimum Gasteiger partial charge on any atom is -0.469 e. The van der Waals surface area contributed by atoms with E-state index in [4.69, 9.17) is 23.2 Å². The maximum absolute atomic E-state index is 11.4. The number of carbonyl (C=O) groups excluding carboxylic acids is 4. The molecule has 0 aromatic carbocycles. The summed E-state index contributed by atoms with van der Waals surface area (Å²) in [4.78, 5) is 52.1. The molecule has 2 amide bonds. The number of hydrogen-bond acceptors (Lipinski definition) is 8. The van der Waals surface area contributed by atoms with Gasteiger partial charge in [-0.2, -0.15) is 0 Å². The number of nitrogens with one attached hydrogen (secondary N) is 1. The van der Waals surface area contributed by atoms with Crippen LogP contribution in [-0.2, 0) is 31.9 Å². The van der Waals surface area contributed by atoms with Crippen molar-refractivity contribution in [1.29, 1.82) is 0 Å². The first-order valence-corrected chi connectivity index (χ1v) is 8.79. The van der Waals surface area contributed by atoms with E-state index in [-0.39, 0.29) is 29.5 Å². The number of pyridine rings is 2. The Labute approximate surface area is 175 Å². The van der Waals surface area contributed by atoms with Crippen molar-refractivity contribution in [2.45, 2.75) is 12.8 Å². The lowest BCUT2D eigenvalue weighted by atomic mass is 10.0. The van der Waals surface area contributed by atoms with Crippen molar-refractivity contribution in [2.75, 3.05) is 14.2 Å². The molecule has 0 spiro atoms. The quantitative estimate of drug-likeness (QED) is 0.435. The Balaban J connectivity index is 0.000000211. The Morgan fingerprint density at radius 2 is 1.72 bits per heavy atom. The van der Waals surface area contributed by atoms with Crippen LogP contribution in [0.25, 0.3) is 0 Å². The van der Waals surface area contributed by atoms with Gasteiger partial charge in [-0.15, -0.1) is 0 Å². The number of methoxy groups -OCH3 is 2. The third-order valence-corrected chi connectivity index (χ3v) is 4.14. The number of esters is 2. The van der Waals surface area contributed by atoms with E-state index >= 15 is 0 Å². The van der Waals surface area contributed by atoms with Crippen LogP contribution in [-0.4, -0.2) is 47.9 Å². The number of fused-ring (bicyclic) bond motifs is 1. The Hall–Kier alpha value is -3.04. The van der Waals surface area contributed by atoms with Crippen molar-refractivity contribution in [2.24, 2.45) is 0 Å². The molecular formula is C18H15Cl2N3O6. The van der Waals surface area contributed by atoms with Crippen LogP contribution in [0.1, 0.15) is 31.8 Å². The number of amides is 2. The second-order valence-corrected chi connectivity index (χ2v) is 6.40. The molecule has 0 bridgehead atoms. The fourth-order valence-corrected chi connectivity index (χ4v) is 2.73. The van der Waals surface area contributed by atoms with E-state index < -0.39 is 17.8 Å². The topological polar surface area (TPSA) is 125 Å². The highest BCUT2D eigenvalue weighted by molar-refractivity contribution is 6.30. The molecule has 11 heteroatoms. The molecule has 0 fully saturated rings. The smallest absolute Gasteiger partial charge is 0.339 e. The molecule has 2 aromatic heterocycles. The molecule has 2 aromatic rings. The van der Waals surface area contributed by atoms with Crippen LogP contribution in [0.15, 0.2) is 24.5 Å². The van der Waals surface area contributed by atoms with Gasteiger partial charge in [0.1, 0.15) is 10.3 Å². The highest BCUT2D eigenvalue weighted by Gasteiger charge is 2.22. The lowest BCUT2D eigenvalue weighted by molar-refractivity contribution is -0.139. The van der Waals surface area contributed by atoms with Gasteiger partial charge in [-0.25, -0.2) is 14.8 Å². The molecule has 3 heterocycles. The lowest BCUT2D eigenvalue weighted by Gasteiger charge is -2.13. The minimum atomic E-state index is -0.567. The molecule has 0 radical (unpaired) electrons. The fraction of sp³-hybridized carbons (Fsp3) is 0.222. The molecule has 0 saturated carbocycles. The molecule has 1 aliphatic heterocycles. The molecule has 9 nitrogen and oxygen atoms in total. The van der Waals surface area contributed by atoms with Gasteiger partial charge in [-0.05, 0) is 23.3 Å². The summed E-state index contributed by atoms with van der Waals surface area (Å²) in [5.74, 6) is -1.74. The van der Waals surface area contributed by atoms with Crippen LogP contribution in [0.2, 0.25) is 10.3 Å². The summed E-state index contributed by atoms with van der Waals surface area (Å²) >= 11 is 11.3. The number of rotatable bonds is 3. The average molecular weight is 440 g/mol. The lowest BCUT2D eigenvalue weighted by Crippen LogP contribution is -2.37. The van der Waals surface area contributed by atoms with E-state index in [1.807, 2.05) is 0 Å². The number of carbonyl (C=O) groups is 4. The molecule has 0 unspecified atom stereocenters. The molecule has 0 saturated heterocycles. The molecule has 152 valence electrons. The average Bonchev–Trinajstić information content (AvgIpc) is 2.67. The largest absolute Gasteiger partial charge is 0.469 e. The van der Waals surface area contributed by atoms with Gasteiger partial charge < -0.3 is 9.47 Å². The summed E-state index contributed by atoms with van der Waals surface area (Å²) in [6, 6.07) is 2.97. The summed E-state index contributed by atoms with van der Waals surface area (Å²) in [6.45, 7) is 0.